The number of likely N-dealkylation sites (tertiary alicyclic amines) is 1. The Balaban J connectivity index is 0.883. The largest absolute Gasteiger partial charge is 0.478 e. The van der Waals surface area contributed by atoms with E-state index >= 15 is 0 Å². The number of aromatic nitrogens is 3. The van der Waals surface area contributed by atoms with Crippen molar-refractivity contribution in [1.29, 1.82) is 0 Å². The molecule has 4 aromatic rings. The lowest BCUT2D eigenvalue weighted by atomic mass is 9.63. The first-order valence-corrected chi connectivity index (χ1v) is 13.9. The molecule has 1 saturated heterocycles. The van der Waals surface area contributed by atoms with E-state index in [9.17, 15) is 0 Å². The first kappa shape index (κ1) is 24.4. The molecule has 0 bridgehead atoms. The van der Waals surface area contributed by atoms with Crippen molar-refractivity contribution in [3.8, 4) is 17.0 Å². The van der Waals surface area contributed by atoms with Crippen LogP contribution in [-0.4, -0.2) is 58.9 Å². The molecule has 0 radical (unpaired) electrons. The van der Waals surface area contributed by atoms with Crippen molar-refractivity contribution in [2.24, 2.45) is 12.5 Å². The first-order chi connectivity index (χ1) is 18.2. The van der Waals surface area contributed by atoms with Crippen molar-refractivity contribution in [2.45, 2.75) is 44.9 Å². The molecule has 2 fully saturated rings. The van der Waals surface area contributed by atoms with Gasteiger partial charge in [0.15, 0.2) is 0 Å². The number of fused-ring (bicyclic) bond motifs is 3. The van der Waals surface area contributed by atoms with E-state index in [4.69, 9.17) is 9.47 Å². The fourth-order valence-electron chi connectivity index (χ4n) is 6.05. The predicted molar refractivity (Wildman–Crippen MR) is 149 cm³/mol. The van der Waals surface area contributed by atoms with Gasteiger partial charge >= 0.3 is 0 Å². The molecule has 3 aromatic heterocycles. The number of aryl methyl sites for hydroxylation is 1. The van der Waals surface area contributed by atoms with Crippen LogP contribution >= 0.6 is 0 Å². The summed E-state index contributed by atoms with van der Waals surface area (Å²) in [5, 5.41) is 2.40. The minimum absolute atomic E-state index is 0.669. The Morgan fingerprint density at radius 2 is 1.65 bits per heavy atom. The van der Waals surface area contributed by atoms with E-state index in [1.54, 1.807) is 0 Å². The van der Waals surface area contributed by atoms with Crippen LogP contribution in [0.5, 0.6) is 5.88 Å². The molecule has 0 atom stereocenters. The Morgan fingerprint density at radius 1 is 0.838 bits per heavy atom. The molecule has 194 valence electrons. The van der Waals surface area contributed by atoms with Gasteiger partial charge in [-0.3, -0.25) is 4.98 Å². The van der Waals surface area contributed by atoms with Gasteiger partial charge in [0.1, 0.15) is 0 Å². The quantitative estimate of drug-likeness (QED) is 0.217. The number of pyridine rings is 2. The maximum Gasteiger partial charge on any atom is 0.213 e. The molecule has 6 heteroatoms. The lowest BCUT2D eigenvalue weighted by molar-refractivity contribution is -0.0605. The lowest BCUT2D eigenvalue weighted by Gasteiger charge is -2.56. The van der Waals surface area contributed by atoms with E-state index in [0.29, 0.717) is 12.5 Å². The summed E-state index contributed by atoms with van der Waals surface area (Å²) in [6.45, 7) is 6.32. The summed E-state index contributed by atoms with van der Waals surface area (Å²) in [5.74, 6) is 0.677. The topological polar surface area (TPSA) is 52.4 Å². The molecule has 1 spiro atoms. The second-order valence-corrected chi connectivity index (χ2v) is 11.0. The Morgan fingerprint density at radius 3 is 2.43 bits per heavy atom. The molecule has 0 amide bonds. The first-order valence-electron chi connectivity index (χ1n) is 13.9. The molecule has 37 heavy (non-hydrogen) atoms. The van der Waals surface area contributed by atoms with Crippen molar-refractivity contribution in [1.82, 2.24) is 19.4 Å². The van der Waals surface area contributed by atoms with E-state index in [-0.39, 0.29) is 0 Å². The Labute approximate surface area is 219 Å². The molecule has 6 rings (SSSR count). The molecule has 6 nitrogen and oxygen atoms in total. The van der Waals surface area contributed by atoms with Crippen LogP contribution < -0.4 is 4.74 Å². The molecule has 1 aromatic carbocycles. The van der Waals surface area contributed by atoms with Crippen molar-refractivity contribution >= 4 is 21.8 Å². The molecule has 4 heterocycles. The van der Waals surface area contributed by atoms with Crippen molar-refractivity contribution in [3.05, 3.63) is 55.0 Å². The van der Waals surface area contributed by atoms with Gasteiger partial charge in [0.2, 0.25) is 5.88 Å². The molecule has 0 unspecified atom stereocenters. The summed E-state index contributed by atoms with van der Waals surface area (Å²) in [6, 6.07) is 12.7. The van der Waals surface area contributed by atoms with Gasteiger partial charge in [0.05, 0.1) is 12.1 Å². The van der Waals surface area contributed by atoms with Gasteiger partial charge in [-0.2, -0.15) is 0 Å². The summed E-state index contributed by atoms with van der Waals surface area (Å²) >= 11 is 0. The van der Waals surface area contributed by atoms with Gasteiger partial charge in [-0.25, -0.2) is 4.98 Å². The molecular weight excluding hydrogens is 460 g/mol. The van der Waals surface area contributed by atoms with Crippen LogP contribution in [0.15, 0.2) is 55.0 Å². The molecule has 0 N–H and O–H groups in total. The highest BCUT2D eigenvalue weighted by molar-refractivity contribution is 6.08. The molecule has 1 saturated carbocycles. The SMILES string of the molecule is Cn1c2ccncc2c2ccc(-c3ccc(OCCCCOCCCCN4CC5(CCC5)C4)nc3)cc21. The molecule has 1 aliphatic carbocycles. The fraction of sp³-hybridized carbons (Fsp3) is 0.484. The predicted octanol–water partition coefficient (Wildman–Crippen LogP) is 6.23. The summed E-state index contributed by atoms with van der Waals surface area (Å²) in [7, 11) is 2.10. The highest BCUT2D eigenvalue weighted by Crippen LogP contribution is 2.48. The van der Waals surface area contributed by atoms with E-state index < -0.39 is 0 Å². The van der Waals surface area contributed by atoms with Crippen molar-refractivity contribution in [2.75, 3.05) is 39.5 Å². The van der Waals surface area contributed by atoms with Crippen LogP contribution in [-0.2, 0) is 11.8 Å². The smallest absolute Gasteiger partial charge is 0.213 e. The highest BCUT2D eigenvalue weighted by Gasteiger charge is 2.46. The molecule has 1 aliphatic heterocycles. The minimum Gasteiger partial charge on any atom is -0.478 e. The summed E-state index contributed by atoms with van der Waals surface area (Å²) in [4.78, 5) is 11.5. The van der Waals surface area contributed by atoms with E-state index in [2.05, 4.69) is 56.8 Å². The zero-order valence-corrected chi connectivity index (χ0v) is 22.0. The molecule has 2 aliphatic rings. The third kappa shape index (κ3) is 5.23. The van der Waals surface area contributed by atoms with Crippen LogP contribution in [0.4, 0.5) is 0 Å². The van der Waals surface area contributed by atoms with Crippen LogP contribution in [0.1, 0.15) is 44.9 Å². The Kier molecular flexibility index (Phi) is 7.12. The Hall–Kier alpha value is -2.96. The standard InChI is InChI=1S/C31H38N4O2/c1-34-28-11-14-32-21-27(28)26-9-7-24(19-29(26)34)25-8-10-30(33-20-25)37-18-5-4-17-36-16-3-2-15-35-22-31(23-35)12-6-13-31/h7-11,14,19-21H,2-6,12-13,15-18,22-23H2,1H3. The summed E-state index contributed by atoms with van der Waals surface area (Å²) in [6.07, 6.45) is 14.5. The van der Waals surface area contributed by atoms with Crippen LogP contribution in [0.25, 0.3) is 32.9 Å². The maximum atomic E-state index is 5.86. The Bertz CT molecular complexity index is 1330. The van der Waals surface area contributed by atoms with E-state index in [1.807, 2.05) is 24.7 Å². The van der Waals surface area contributed by atoms with Crippen LogP contribution in [0, 0.1) is 5.41 Å². The second kappa shape index (κ2) is 10.8. The average Bonchev–Trinajstić information content (AvgIpc) is 3.17. The average molecular weight is 499 g/mol. The zero-order chi connectivity index (χ0) is 25.1. The van der Waals surface area contributed by atoms with Crippen molar-refractivity contribution in [3.63, 3.8) is 0 Å². The van der Waals surface area contributed by atoms with Gasteiger partial charge in [-0.1, -0.05) is 18.6 Å². The van der Waals surface area contributed by atoms with Crippen molar-refractivity contribution < 1.29 is 9.47 Å². The van der Waals surface area contributed by atoms with Crippen LogP contribution in [0.2, 0.25) is 0 Å². The maximum absolute atomic E-state index is 5.86. The number of hydrogen-bond acceptors (Lipinski definition) is 5. The van der Waals surface area contributed by atoms with Gasteiger partial charge in [-0.15, -0.1) is 0 Å². The molecular formula is C31H38N4O2. The lowest BCUT2D eigenvalue weighted by Crippen LogP contribution is -2.59. The summed E-state index contributed by atoms with van der Waals surface area (Å²) < 4.78 is 13.9. The number of rotatable bonds is 12. The van der Waals surface area contributed by atoms with Gasteiger partial charge in [0.25, 0.3) is 0 Å². The van der Waals surface area contributed by atoms with Crippen LogP contribution in [0.3, 0.4) is 0 Å². The van der Waals surface area contributed by atoms with Gasteiger partial charge in [0, 0.05) is 79.9 Å². The highest BCUT2D eigenvalue weighted by atomic mass is 16.5. The van der Waals surface area contributed by atoms with Gasteiger partial charge in [-0.05, 0) is 74.2 Å². The normalized spacial score (nSPS) is 16.8. The third-order valence-electron chi connectivity index (χ3n) is 8.36. The number of ether oxygens (including phenoxy) is 2. The number of nitrogens with zero attached hydrogens (tertiary/aromatic N) is 4. The fourth-order valence-corrected chi connectivity index (χ4v) is 6.05. The number of benzene rings is 1. The summed E-state index contributed by atoms with van der Waals surface area (Å²) in [5.41, 5.74) is 5.37. The number of unbranched alkanes of at least 4 members (excludes halogenated alkanes) is 2. The number of hydrogen-bond donors (Lipinski definition) is 0. The minimum atomic E-state index is 0.669. The van der Waals surface area contributed by atoms with E-state index in [0.717, 1.165) is 42.6 Å². The second-order valence-electron chi connectivity index (χ2n) is 11.0. The van der Waals surface area contributed by atoms with Gasteiger partial charge < -0.3 is 18.9 Å². The zero-order valence-electron chi connectivity index (χ0n) is 22.0. The monoisotopic (exact) mass is 498 g/mol. The third-order valence-corrected chi connectivity index (χ3v) is 8.36. The van der Waals surface area contributed by atoms with E-state index in [1.165, 1.54) is 73.5 Å².